The van der Waals surface area contributed by atoms with Crippen LogP contribution in [0.5, 0.6) is 0 Å². The third kappa shape index (κ3) is 3.47. The van der Waals surface area contributed by atoms with Crippen LogP contribution in [0.3, 0.4) is 0 Å². The highest BCUT2D eigenvalue weighted by Gasteiger charge is 2.28. The van der Waals surface area contributed by atoms with Gasteiger partial charge in [0.25, 0.3) is 5.91 Å². The first-order valence-corrected chi connectivity index (χ1v) is 9.90. The van der Waals surface area contributed by atoms with Crippen molar-refractivity contribution in [3.05, 3.63) is 58.5 Å². The number of furan rings is 1. The van der Waals surface area contributed by atoms with Crippen molar-refractivity contribution < 1.29 is 9.21 Å². The first-order valence-electron chi connectivity index (χ1n) is 9.08. The quantitative estimate of drug-likeness (QED) is 0.705. The predicted octanol–water partition coefficient (Wildman–Crippen LogP) is 4.46. The van der Waals surface area contributed by atoms with E-state index in [2.05, 4.69) is 59.4 Å². The highest BCUT2D eigenvalue weighted by molar-refractivity contribution is 7.15. The molecule has 27 heavy (non-hydrogen) atoms. The van der Waals surface area contributed by atoms with E-state index in [0.29, 0.717) is 29.0 Å². The molecule has 0 aliphatic carbocycles. The number of nitrogens with zero attached hydrogens (tertiary/aromatic N) is 3. The molecule has 0 fully saturated rings. The first kappa shape index (κ1) is 17.7. The van der Waals surface area contributed by atoms with Gasteiger partial charge in [0.2, 0.25) is 5.13 Å². The molecule has 1 atom stereocenters. The van der Waals surface area contributed by atoms with Crippen LogP contribution in [0.4, 0.5) is 10.8 Å². The molecular weight excluding hydrogens is 360 g/mol. The van der Waals surface area contributed by atoms with Crippen molar-refractivity contribution in [3.8, 4) is 0 Å². The van der Waals surface area contributed by atoms with Gasteiger partial charge in [-0.3, -0.25) is 10.1 Å². The van der Waals surface area contributed by atoms with E-state index in [1.807, 2.05) is 6.07 Å². The van der Waals surface area contributed by atoms with E-state index < -0.39 is 0 Å². The highest BCUT2D eigenvalue weighted by Crippen LogP contribution is 2.33. The number of nitrogens with one attached hydrogen (secondary N) is 1. The molecule has 0 radical (unpaired) electrons. The number of para-hydroxylation sites is 1. The fourth-order valence-electron chi connectivity index (χ4n) is 3.37. The minimum Gasteiger partial charge on any atom is -0.467 e. The third-order valence-corrected chi connectivity index (χ3v) is 5.95. The number of aromatic nitrogens is 2. The topological polar surface area (TPSA) is 71.3 Å². The highest BCUT2D eigenvalue weighted by atomic mass is 32.1. The summed E-state index contributed by atoms with van der Waals surface area (Å²) in [5.74, 6) is 0.726. The van der Waals surface area contributed by atoms with Crippen molar-refractivity contribution >= 4 is 28.1 Å². The molecule has 7 heteroatoms. The molecule has 0 saturated heterocycles. The molecule has 3 heterocycles. The maximum Gasteiger partial charge on any atom is 0.261 e. The Balaban J connectivity index is 1.52. The molecular formula is C20H22N4O2S. The zero-order valence-electron chi connectivity index (χ0n) is 15.6. The number of carbonyl (C=O) groups excluding carboxylic acids is 1. The summed E-state index contributed by atoms with van der Waals surface area (Å²) in [4.78, 5) is 15.0. The van der Waals surface area contributed by atoms with Gasteiger partial charge >= 0.3 is 0 Å². The van der Waals surface area contributed by atoms with Crippen LogP contribution in [0, 0.1) is 0 Å². The summed E-state index contributed by atoms with van der Waals surface area (Å²) >= 11 is 1.40. The molecule has 1 unspecified atom stereocenters. The molecule has 1 amide bonds. The van der Waals surface area contributed by atoms with Crippen LogP contribution in [0.25, 0.3) is 0 Å². The number of hydrogen-bond acceptors (Lipinski definition) is 6. The van der Waals surface area contributed by atoms with Gasteiger partial charge < -0.3 is 9.32 Å². The Bertz CT molecular complexity index is 962. The standard InChI is InChI=1S/C20H22N4O2S/c1-12(2)19-22-23-20(27-19)21-18(25)15-8-9-26-17(15)11-24-13(3)10-14-6-4-5-7-16(14)24/h4-9,12-13H,10-11H2,1-3H3,(H,21,23,25). The van der Waals surface area contributed by atoms with Crippen LogP contribution in [0.2, 0.25) is 0 Å². The van der Waals surface area contributed by atoms with Gasteiger partial charge in [-0.05, 0) is 31.0 Å². The van der Waals surface area contributed by atoms with Gasteiger partial charge in [0.05, 0.1) is 18.4 Å². The van der Waals surface area contributed by atoms with Crippen molar-refractivity contribution in [1.29, 1.82) is 0 Å². The maximum absolute atomic E-state index is 12.7. The van der Waals surface area contributed by atoms with Crippen molar-refractivity contribution in [2.45, 2.75) is 45.7 Å². The molecule has 1 aromatic carbocycles. The Kier molecular flexibility index (Phi) is 4.70. The average molecular weight is 382 g/mol. The normalized spacial score (nSPS) is 16.0. The Hall–Kier alpha value is -2.67. The van der Waals surface area contributed by atoms with E-state index in [1.54, 1.807) is 12.3 Å². The summed E-state index contributed by atoms with van der Waals surface area (Å²) < 4.78 is 5.66. The molecule has 0 spiro atoms. The van der Waals surface area contributed by atoms with Crippen LogP contribution in [-0.4, -0.2) is 22.1 Å². The van der Waals surface area contributed by atoms with E-state index in [0.717, 1.165) is 11.4 Å². The first-order chi connectivity index (χ1) is 13.0. The summed E-state index contributed by atoms with van der Waals surface area (Å²) in [5.41, 5.74) is 3.07. The Morgan fingerprint density at radius 2 is 2.15 bits per heavy atom. The van der Waals surface area contributed by atoms with E-state index >= 15 is 0 Å². The molecule has 3 aromatic rings. The molecule has 6 nitrogen and oxygen atoms in total. The van der Waals surface area contributed by atoms with Crippen molar-refractivity contribution in [1.82, 2.24) is 10.2 Å². The lowest BCUT2D eigenvalue weighted by molar-refractivity contribution is 0.102. The van der Waals surface area contributed by atoms with Gasteiger partial charge in [-0.1, -0.05) is 43.4 Å². The Labute approximate surface area is 162 Å². The summed E-state index contributed by atoms with van der Waals surface area (Å²) in [5, 5.41) is 12.4. The average Bonchev–Trinajstić information content (AvgIpc) is 3.35. The van der Waals surface area contributed by atoms with Crippen molar-refractivity contribution in [2.75, 3.05) is 10.2 Å². The summed E-state index contributed by atoms with van der Waals surface area (Å²) in [7, 11) is 0. The third-order valence-electron chi connectivity index (χ3n) is 4.81. The molecule has 2 aromatic heterocycles. The molecule has 0 saturated carbocycles. The van der Waals surface area contributed by atoms with Crippen LogP contribution >= 0.6 is 11.3 Å². The Morgan fingerprint density at radius 1 is 1.33 bits per heavy atom. The SMILES string of the molecule is CC(C)c1nnc(NC(=O)c2ccoc2CN2c3ccccc3CC2C)s1. The number of fused-ring (bicyclic) bond motifs is 1. The second-order valence-electron chi connectivity index (χ2n) is 7.12. The van der Waals surface area contributed by atoms with Crippen LogP contribution in [0.1, 0.15) is 53.4 Å². The number of benzene rings is 1. The maximum atomic E-state index is 12.7. The lowest BCUT2D eigenvalue weighted by atomic mass is 10.1. The van der Waals surface area contributed by atoms with Gasteiger partial charge in [-0.15, -0.1) is 10.2 Å². The fraction of sp³-hybridized carbons (Fsp3) is 0.350. The number of rotatable bonds is 5. The fourth-order valence-corrected chi connectivity index (χ4v) is 4.11. The zero-order valence-corrected chi connectivity index (χ0v) is 16.4. The number of hydrogen-bond donors (Lipinski definition) is 1. The molecule has 1 aliphatic heterocycles. The van der Waals surface area contributed by atoms with Gasteiger partial charge in [0.1, 0.15) is 10.8 Å². The molecule has 1 N–H and O–H groups in total. The van der Waals surface area contributed by atoms with Gasteiger partial charge in [-0.2, -0.15) is 0 Å². The molecule has 1 aliphatic rings. The van der Waals surface area contributed by atoms with E-state index in [4.69, 9.17) is 4.42 Å². The number of amides is 1. The molecule has 0 bridgehead atoms. The van der Waals surface area contributed by atoms with E-state index in [1.165, 1.54) is 22.6 Å². The van der Waals surface area contributed by atoms with Gasteiger partial charge in [0, 0.05) is 17.6 Å². The lowest BCUT2D eigenvalue weighted by Gasteiger charge is -2.24. The summed E-state index contributed by atoms with van der Waals surface area (Å²) in [6, 6.07) is 10.5. The monoisotopic (exact) mass is 382 g/mol. The van der Waals surface area contributed by atoms with Gasteiger partial charge in [-0.25, -0.2) is 0 Å². The predicted molar refractivity (Wildman–Crippen MR) is 106 cm³/mol. The van der Waals surface area contributed by atoms with Crippen LogP contribution in [-0.2, 0) is 13.0 Å². The van der Waals surface area contributed by atoms with Crippen molar-refractivity contribution in [3.63, 3.8) is 0 Å². The largest absolute Gasteiger partial charge is 0.467 e. The van der Waals surface area contributed by atoms with E-state index in [-0.39, 0.29) is 11.8 Å². The number of carbonyl (C=O) groups is 1. The minimum absolute atomic E-state index is 0.217. The second kappa shape index (κ2) is 7.15. The van der Waals surface area contributed by atoms with Crippen LogP contribution in [0.15, 0.2) is 41.0 Å². The molecule has 4 rings (SSSR count). The zero-order chi connectivity index (χ0) is 19.0. The van der Waals surface area contributed by atoms with Gasteiger partial charge in [0.15, 0.2) is 0 Å². The minimum atomic E-state index is -0.217. The van der Waals surface area contributed by atoms with Crippen molar-refractivity contribution in [2.24, 2.45) is 0 Å². The summed E-state index contributed by atoms with van der Waals surface area (Å²) in [6.07, 6.45) is 2.57. The second-order valence-corrected chi connectivity index (χ2v) is 8.13. The molecule has 140 valence electrons. The van der Waals surface area contributed by atoms with E-state index in [9.17, 15) is 4.79 Å². The lowest BCUT2D eigenvalue weighted by Crippen LogP contribution is -2.29. The smallest absolute Gasteiger partial charge is 0.261 e. The summed E-state index contributed by atoms with van der Waals surface area (Å²) in [6.45, 7) is 6.85. The Morgan fingerprint density at radius 3 is 2.93 bits per heavy atom. The van der Waals surface area contributed by atoms with Crippen LogP contribution < -0.4 is 10.2 Å². The number of anilines is 2.